The maximum absolute atomic E-state index is 12.9. The fourth-order valence-electron chi connectivity index (χ4n) is 4.26. The molecule has 148 valence electrons. The smallest absolute Gasteiger partial charge is 0.269 e. The van der Waals surface area contributed by atoms with Gasteiger partial charge in [-0.25, -0.2) is 0 Å². The molecule has 2 heterocycles. The van der Waals surface area contributed by atoms with Crippen LogP contribution < -0.4 is 0 Å². The fraction of sp³-hybridized carbons (Fsp3) is 0.650. The minimum absolute atomic E-state index is 0.0658. The molecule has 1 amide bonds. The Kier molecular flexibility index (Phi) is 6.11. The molecule has 0 aromatic heterocycles. The summed E-state index contributed by atoms with van der Waals surface area (Å²) in [6, 6.07) is 6.94. The van der Waals surface area contributed by atoms with Crippen molar-refractivity contribution in [1.82, 2.24) is 9.80 Å². The normalized spacial score (nSPS) is 26.0. The lowest BCUT2D eigenvalue weighted by molar-refractivity contribution is -0.385. The van der Waals surface area contributed by atoms with Gasteiger partial charge in [-0.1, -0.05) is 12.1 Å². The van der Waals surface area contributed by atoms with Gasteiger partial charge in [0.15, 0.2) is 0 Å². The summed E-state index contributed by atoms with van der Waals surface area (Å²) in [5.74, 6) is 0.315. The van der Waals surface area contributed by atoms with E-state index in [1.54, 1.807) is 12.1 Å². The Hall–Kier alpha value is -1.99. The van der Waals surface area contributed by atoms with Gasteiger partial charge in [0.1, 0.15) is 0 Å². The molecular weight excluding hydrogens is 346 g/mol. The Morgan fingerprint density at radius 3 is 2.44 bits per heavy atom. The lowest BCUT2D eigenvalue weighted by Crippen LogP contribution is -2.51. The van der Waals surface area contributed by atoms with Gasteiger partial charge in [-0.15, -0.1) is 0 Å². The number of rotatable bonds is 4. The van der Waals surface area contributed by atoms with E-state index in [9.17, 15) is 14.9 Å². The zero-order chi connectivity index (χ0) is 19.6. The molecule has 3 atom stereocenters. The zero-order valence-electron chi connectivity index (χ0n) is 16.3. The van der Waals surface area contributed by atoms with Crippen molar-refractivity contribution in [3.8, 4) is 0 Å². The molecule has 1 aromatic rings. The van der Waals surface area contributed by atoms with E-state index in [-0.39, 0.29) is 40.7 Å². The molecular formula is C20H29N3O4. The lowest BCUT2D eigenvalue weighted by Gasteiger charge is -2.40. The van der Waals surface area contributed by atoms with Crippen LogP contribution in [0.2, 0.25) is 0 Å². The van der Waals surface area contributed by atoms with Crippen LogP contribution in [-0.2, 0) is 9.53 Å². The molecule has 3 rings (SSSR count). The Bertz CT molecular complexity index is 678. The SMILES string of the molecule is C[C@@H]1CN(C(=O)C2CCN([C@H](C)c3cccc([N+](=O)[O-])c3)CC2)C[C@@H](C)O1. The highest BCUT2D eigenvalue weighted by atomic mass is 16.6. The molecule has 0 spiro atoms. The molecule has 2 fully saturated rings. The van der Waals surface area contributed by atoms with Crippen LogP contribution in [0.1, 0.15) is 45.2 Å². The number of nitro benzene ring substituents is 1. The first-order chi connectivity index (χ1) is 12.8. The van der Waals surface area contributed by atoms with E-state index < -0.39 is 0 Å². The number of piperidine rings is 1. The number of non-ortho nitro benzene ring substituents is 1. The van der Waals surface area contributed by atoms with Crippen LogP contribution in [0.3, 0.4) is 0 Å². The van der Waals surface area contributed by atoms with E-state index >= 15 is 0 Å². The molecule has 0 saturated carbocycles. The number of nitro groups is 1. The van der Waals surface area contributed by atoms with Crippen LogP contribution in [-0.4, -0.2) is 59.0 Å². The second-order valence-electron chi connectivity index (χ2n) is 7.84. The Labute approximate surface area is 160 Å². The van der Waals surface area contributed by atoms with Crippen LogP contribution in [0, 0.1) is 16.0 Å². The summed E-state index contributed by atoms with van der Waals surface area (Å²) in [7, 11) is 0. The van der Waals surface area contributed by atoms with E-state index in [1.807, 2.05) is 24.8 Å². The van der Waals surface area contributed by atoms with E-state index in [0.717, 1.165) is 31.5 Å². The first kappa shape index (κ1) is 19.8. The molecule has 0 unspecified atom stereocenters. The van der Waals surface area contributed by atoms with Crippen molar-refractivity contribution in [2.75, 3.05) is 26.2 Å². The van der Waals surface area contributed by atoms with E-state index in [1.165, 1.54) is 6.07 Å². The molecule has 7 heteroatoms. The minimum atomic E-state index is -0.356. The average molecular weight is 375 g/mol. The first-order valence-corrected chi connectivity index (χ1v) is 9.77. The number of likely N-dealkylation sites (tertiary alicyclic amines) is 1. The monoisotopic (exact) mass is 375 g/mol. The highest BCUT2D eigenvalue weighted by Crippen LogP contribution is 2.29. The summed E-state index contributed by atoms with van der Waals surface area (Å²) in [5.41, 5.74) is 1.07. The number of amides is 1. The Morgan fingerprint density at radius 1 is 1.22 bits per heavy atom. The molecule has 2 saturated heterocycles. The number of carbonyl (C=O) groups is 1. The molecule has 7 nitrogen and oxygen atoms in total. The van der Waals surface area contributed by atoms with Crippen molar-refractivity contribution >= 4 is 11.6 Å². The molecule has 0 aliphatic carbocycles. The highest BCUT2D eigenvalue weighted by molar-refractivity contribution is 5.79. The Morgan fingerprint density at radius 2 is 1.85 bits per heavy atom. The molecule has 1 aromatic carbocycles. The van der Waals surface area contributed by atoms with Gasteiger partial charge in [0.05, 0.1) is 17.1 Å². The van der Waals surface area contributed by atoms with E-state index in [0.29, 0.717) is 13.1 Å². The number of morpholine rings is 1. The van der Waals surface area contributed by atoms with Gasteiger partial charge < -0.3 is 9.64 Å². The van der Waals surface area contributed by atoms with Gasteiger partial charge in [0.25, 0.3) is 5.69 Å². The number of nitrogens with zero attached hydrogens (tertiary/aromatic N) is 3. The van der Waals surface area contributed by atoms with Crippen molar-refractivity contribution in [3.05, 3.63) is 39.9 Å². The predicted molar refractivity (Wildman–Crippen MR) is 102 cm³/mol. The number of benzene rings is 1. The lowest BCUT2D eigenvalue weighted by atomic mass is 9.93. The molecule has 27 heavy (non-hydrogen) atoms. The summed E-state index contributed by atoms with van der Waals surface area (Å²) in [6.07, 6.45) is 1.84. The van der Waals surface area contributed by atoms with Crippen molar-refractivity contribution in [3.63, 3.8) is 0 Å². The molecule has 2 aliphatic heterocycles. The minimum Gasteiger partial charge on any atom is -0.372 e. The van der Waals surface area contributed by atoms with Crippen LogP contribution in [0.25, 0.3) is 0 Å². The van der Waals surface area contributed by atoms with E-state index in [2.05, 4.69) is 11.8 Å². The second kappa shape index (κ2) is 8.35. The number of hydrogen-bond acceptors (Lipinski definition) is 5. The predicted octanol–water partition coefficient (Wildman–Crippen LogP) is 3.00. The van der Waals surface area contributed by atoms with Gasteiger partial charge in [0.2, 0.25) is 5.91 Å². The third kappa shape index (κ3) is 4.65. The molecule has 0 bridgehead atoms. The van der Waals surface area contributed by atoms with Crippen molar-refractivity contribution in [1.29, 1.82) is 0 Å². The topological polar surface area (TPSA) is 75.9 Å². The number of carbonyl (C=O) groups excluding carboxylic acids is 1. The standard InChI is InChI=1S/C20H29N3O4/c1-14-12-22(13-15(2)27-14)20(24)17-7-9-21(10-8-17)16(3)18-5-4-6-19(11-18)23(25)26/h4-6,11,14-17H,7-10,12-13H2,1-3H3/t14-,15-,16-/m1/s1. The summed E-state index contributed by atoms with van der Waals surface area (Å²) in [5, 5.41) is 11.0. The zero-order valence-corrected chi connectivity index (χ0v) is 16.3. The third-order valence-electron chi connectivity index (χ3n) is 5.72. The second-order valence-corrected chi connectivity index (χ2v) is 7.84. The van der Waals surface area contributed by atoms with Gasteiger partial charge in [0, 0.05) is 37.2 Å². The Balaban J connectivity index is 1.57. The number of hydrogen-bond donors (Lipinski definition) is 0. The summed E-state index contributed by atoms with van der Waals surface area (Å²) >= 11 is 0. The van der Waals surface area contributed by atoms with Gasteiger partial charge >= 0.3 is 0 Å². The van der Waals surface area contributed by atoms with Crippen LogP contribution in [0.4, 0.5) is 5.69 Å². The highest BCUT2D eigenvalue weighted by Gasteiger charge is 2.33. The summed E-state index contributed by atoms with van der Waals surface area (Å²) in [6.45, 7) is 9.11. The summed E-state index contributed by atoms with van der Waals surface area (Å²) < 4.78 is 5.73. The van der Waals surface area contributed by atoms with Gasteiger partial charge in [-0.2, -0.15) is 0 Å². The largest absolute Gasteiger partial charge is 0.372 e. The van der Waals surface area contributed by atoms with Crippen LogP contribution in [0.5, 0.6) is 0 Å². The maximum Gasteiger partial charge on any atom is 0.269 e. The molecule has 2 aliphatic rings. The van der Waals surface area contributed by atoms with Crippen molar-refractivity contribution < 1.29 is 14.5 Å². The van der Waals surface area contributed by atoms with Crippen molar-refractivity contribution in [2.45, 2.75) is 51.9 Å². The van der Waals surface area contributed by atoms with Gasteiger partial charge in [-0.05, 0) is 52.3 Å². The quantitative estimate of drug-likeness (QED) is 0.597. The average Bonchev–Trinajstić information content (AvgIpc) is 2.66. The van der Waals surface area contributed by atoms with E-state index in [4.69, 9.17) is 4.74 Å². The summed E-state index contributed by atoms with van der Waals surface area (Å²) in [4.78, 5) is 27.8. The number of ether oxygens (including phenoxy) is 1. The maximum atomic E-state index is 12.9. The molecule has 0 N–H and O–H groups in total. The van der Waals surface area contributed by atoms with Crippen LogP contribution >= 0.6 is 0 Å². The first-order valence-electron chi connectivity index (χ1n) is 9.77. The van der Waals surface area contributed by atoms with Gasteiger partial charge in [-0.3, -0.25) is 19.8 Å². The van der Waals surface area contributed by atoms with Crippen LogP contribution in [0.15, 0.2) is 24.3 Å². The fourth-order valence-corrected chi connectivity index (χ4v) is 4.26. The third-order valence-corrected chi connectivity index (χ3v) is 5.72. The molecule has 0 radical (unpaired) electrons. The van der Waals surface area contributed by atoms with Crippen molar-refractivity contribution in [2.24, 2.45) is 5.92 Å².